The summed E-state index contributed by atoms with van der Waals surface area (Å²) in [4.78, 5) is 34.2. The molecule has 174 valence electrons. The van der Waals surface area contributed by atoms with Gasteiger partial charge in [-0.15, -0.1) is 0 Å². The number of carbonyl (C=O) groups is 2. The van der Waals surface area contributed by atoms with E-state index >= 15 is 0 Å². The summed E-state index contributed by atoms with van der Waals surface area (Å²) >= 11 is 6.00. The lowest BCUT2D eigenvalue weighted by Gasteiger charge is -2.06. The van der Waals surface area contributed by atoms with Crippen LogP contribution in [-0.2, 0) is 11.3 Å². The number of fused-ring (bicyclic) bond motifs is 1. The summed E-state index contributed by atoms with van der Waals surface area (Å²) in [5, 5.41) is 3.68. The van der Waals surface area contributed by atoms with Crippen LogP contribution in [0.15, 0.2) is 83.7 Å². The van der Waals surface area contributed by atoms with Crippen LogP contribution in [0.3, 0.4) is 0 Å². The minimum absolute atomic E-state index is 0.0912. The monoisotopic (exact) mass is 486 g/mol. The fraction of sp³-hybridized carbons (Fsp3) is 0.0769. The predicted molar refractivity (Wildman–Crippen MR) is 132 cm³/mol. The molecule has 1 N–H and O–H groups in total. The summed E-state index contributed by atoms with van der Waals surface area (Å²) in [6.07, 6.45) is 4.72. The number of benzene rings is 2. The molecule has 1 amide bonds. The van der Waals surface area contributed by atoms with Gasteiger partial charge < -0.3 is 13.7 Å². The molecule has 0 bridgehead atoms. The van der Waals surface area contributed by atoms with Crippen molar-refractivity contribution in [1.82, 2.24) is 14.5 Å². The molecule has 5 rings (SSSR count). The number of carbonyl (C=O) groups excluding carboxylic acids is 2. The highest BCUT2D eigenvalue weighted by Gasteiger charge is 2.24. The number of pyridine rings is 1. The number of hydrogen-bond acceptors (Lipinski definition) is 6. The highest BCUT2D eigenvalue weighted by molar-refractivity contribution is 6.48. The molecular formula is C26H19ClN4O4. The molecule has 0 atom stereocenters. The summed E-state index contributed by atoms with van der Waals surface area (Å²) in [5.74, 6) is -0.648. The number of anilines is 1. The number of Topliss-reactive ketones (excluding diaryl/α,β-unsaturated/α-hetero) is 1. The van der Waals surface area contributed by atoms with Gasteiger partial charge in [-0.3, -0.25) is 19.9 Å². The van der Waals surface area contributed by atoms with Gasteiger partial charge in [-0.1, -0.05) is 29.8 Å². The number of rotatable bonds is 7. The van der Waals surface area contributed by atoms with Gasteiger partial charge in [0.1, 0.15) is 11.4 Å². The Labute approximate surface area is 205 Å². The Hall–Kier alpha value is -4.43. The number of nitrogens with zero attached hydrogens (tertiary/aromatic N) is 3. The van der Waals surface area contributed by atoms with Crippen LogP contribution in [0.2, 0.25) is 5.02 Å². The Morgan fingerprint density at radius 3 is 2.66 bits per heavy atom. The van der Waals surface area contributed by atoms with Crippen LogP contribution in [0.25, 0.3) is 22.4 Å². The van der Waals surface area contributed by atoms with E-state index in [2.05, 4.69) is 15.3 Å². The SMILES string of the molecule is COc1ccc2c(c1)c(C(=O)C(=O)Nc1ncc(-c3ccccn3)o1)cn2Cc1ccc(Cl)cc1. The molecule has 3 heterocycles. The first-order chi connectivity index (χ1) is 17.0. The molecule has 0 aliphatic carbocycles. The summed E-state index contributed by atoms with van der Waals surface area (Å²) in [5.41, 5.74) is 2.57. The van der Waals surface area contributed by atoms with E-state index in [0.717, 1.165) is 11.1 Å². The van der Waals surface area contributed by atoms with Crippen LogP contribution in [0.5, 0.6) is 5.75 Å². The number of oxazole rings is 1. The highest BCUT2D eigenvalue weighted by Crippen LogP contribution is 2.28. The molecule has 5 aromatic rings. The maximum atomic E-state index is 13.2. The lowest BCUT2D eigenvalue weighted by atomic mass is 10.1. The normalized spacial score (nSPS) is 10.9. The van der Waals surface area contributed by atoms with Gasteiger partial charge in [0.05, 0.1) is 18.9 Å². The molecule has 9 heteroatoms. The van der Waals surface area contributed by atoms with Crippen LogP contribution >= 0.6 is 11.6 Å². The van der Waals surface area contributed by atoms with E-state index in [-0.39, 0.29) is 11.6 Å². The molecular weight excluding hydrogens is 468 g/mol. The second-order valence-corrected chi connectivity index (χ2v) is 8.14. The van der Waals surface area contributed by atoms with Gasteiger partial charge in [-0.2, -0.15) is 0 Å². The summed E-state index contributed by atoms with van der Waals surface area (Å²) < 4.78 is 12.8. The average Bonchev–Trinajstić information content (AvgIpc) is 3.50. The third kappa shape index (κ3) is 4.64. The maximum Gasteiger partial charge on any atom is 0.302 e. The zero-order chi connectivity index (χ0) is 24.4. The van der Waals surface area contributed by atoms with Gasteiger partial charge >= 0.3 is 6.01 Å². The lowest BCUT2D eigenvalue weighted by molar-refractivity contribution is -0.112. The van der Waals surface area contributed by atoms with Gasteiger partial charge in [-0.05, 0) is 48.0 Å². The third-order valence-corrected chi connectivity index (χ3v) is 5.70. The second-order valence-electron chi connectivity index (χ2n) is 7.71. The van der Waals surface area contributed by atoms with Crippen LogP contribution in [0.4, 0.5) is 6.01 Å². The standard InChI is InChI=1S/C26H19ClN4O4/c1-34-18-9-10-22-19(12-18)20(15-31(22)14-16-5-7-17(27)8-6-16)24(32)25(33)30-26-29-13-23(35-26)21-4-2-3-11-28-21/h2-13,15H,14H2,1H3,(H,29,30,33). The molecule has 0 unspecified atom stereocenters. The third-order valence-electron chi connectivity index (χ3n) is 5.45. The largest absolute Gasteiger partial charge is 0.497 e. The van der Waals surface area contributed by atoms with Gasteiger partial charge in [0, 0.05) is 34.9 Å². The lowest BCUT2D eigenvalue weighted by Crippen LogP contribution is -2.22. The molecule has 0 radical (unpaired) electrons. The van der Waals surface area contributed by atoms with Crippen molar-refractivity contribution in [2.45, 2.75) is 6.54 Å². The average molecular weight is 487 g/mol. The molecule has 0 saturated heterocycles. The smallest absolute Gasteiger partial charge is 0.302 e. The van der Waals surface area contributed by atoms with Crippen molar-refractivity contribution in [3.05, 3.63) is 95.4 Å². The van der Waals surface area contributed by atoms with E-state index in [1.807, 2.05) is 22.8 Å². The topological polar surface area (TPSA) is 99.2 Å². The molecule has 2 aromatic carbocycles. The van der Waals surface area contributed by atoms with Crippen LogP contribution in [-0.4, -0.2) is 33.3 Å². The molecule has 8 nitrogen and oxygen atoms in total. The number of ketones is 1. The number of hydrogen-bond donors (Lipinski definition) is 1. The van der Waals surface area contributed by atoms with Crippen LogP contribution in [0.1, 0.15) is 15.9 Å². The number of nitrogens with one attached hydrogen (secondary N) is 1. The Kier molecular flexibility index (Phi) is 6.03. The van der Waals surface area contributed by atoms with Crippen molar-refractivity contribution in [2.24, 2.45) is 0 Å². The predicted octanol–water partition coefficient (Wildman–Crippen LogP) is 5.22. The zero-order valence-electron chi connectivity index (χ0n) is 18.6. The van der Waals surface area contributed by atoms with E-state index in [1.165, 1.54) is 6.20 Å². The number of ether oxygens (including phenoxy) is 1. The number of halogens is 1. The second kappa shape index (κ2) is 9.44. The minimum Gasteiger partial charge on any atom is -0.497 e. The highest BCUT2D eigenvalue weighted by atomic mass is 35.5. The molecule has 3 aromatic heterocycles. The Bertz CT molecular complexity index is 1520. The summed E-state index contributed by atoms with van der Waals surface area (Å²) in [6.45, 7) is 0.488. The van der Waals surface area contributed by atoms with Gasteiger partial charge in [0.15, 0.2) is 5.76 Å². The molecule has 0 spiro atoms. The van der Waals surface area contributed by atoms with Crippen molar-refractivity contribution in [2.75, 3.05) is 12.4 Å². The van der Waals surface area contributed by atoms with Crippen LogP contribution < -0.4 is 10.1 Å². The van der Waals surface area contributed by atoms with E-state index in [0.29, 0.717) is 34.2 Å². The minimum atomic E-state index is -0.868. The number of amides is 1. The van der Waals surface area contributed by atoms with Crippen molar-refractivity contribution < 1.29 is 18.7 Å². The van der Waals surface area contributed by atoms with E-state index < -0.39 is 11.7 Å². The fourth-order valence-corrected chi connectivity index (χ4v) is 3.86. The van der Waals surface area contributed by atoms with E-state index in [9.17, 15) is 9.59 Å². The fourth-order valence-electron chi connectivity index (χ4n) is 3.74. The molecule has 0 aliphatic heterocycles. The first kappa shape index (κ1) is 22.4. The zero-order valence-corrected chi connectivity index (χ0v) is 19.3. The quantitative estimate of drug-likeness (QED) is 0.250. The molecule has 0 aliphatic rings. The maximum absolute atomic E-state index is 13.2. The van der Waals surface area contributed by atoms with E-state index in [1.54, 1.807) is 62.0 Å². The van der Waals surface area contributed by atoms with Gasteiger partial charge in [0.2, 0.25) is 0 Å². The Morgan fingerprint density at radius 1 is 1.09 bits per heavy atom. The number of aromatic nitrogens is 3. The Morgan fingerprint density at radius 2 is 1.91 bits per heavy atom. The van der Waals surface area contributed by atoms with Crippen molar-refractivity contribution in [1.29, 1.82) is 0 Å². The van der Waals surface area contributed by atoms with Crippen LogP contribution in [0, 0.1) is 0 Å². The molecule has 0 saturated carbocycles. The Balaban J connectivity index is 1.44. The van der Waals surface area contributed by atoms with Crippen molar-refractivity contribution in [3.63, 3.8) is 0 Å². The van der Waals surface area contributed by atoms with Crippen molar-refractivity contribution >= 4 is 40.2 Å². The van der Waals surface area contributed by atoms with Crippen molar-refractivity contribution in [3.8, 4) is 17.2 Å². The first-order valence-electron chi connectivity index (χ1n) is 10.7. The number of methoxy groups -OCH3 is 1. The molecule has 35 heavy (non-hydrogen) atoms. The summed E-state index contributed by atoms with van der Waals surface area (Å²) in [6, 6.07) is 18.1. The first-order valence-corrected chi connectivity index (χ1v) is 11.0. The molecule has 0 fully saturated rings. The van der Waals surface area contributed by atoms with Gasteiger partial charge in [0.25, 0.3) is 11.7 Å². The van der Waals surface area contributed by atoms with E-state index in [4.69, 9.17) is 20.8 Å². The summed E-state index contributed by atoms with van der Waals surface area (Å²) in [7, 11) is 1.54. The van der Waals surface area contributed by atoms with Gasteiger partial charge in [-0.25, -0.2) is 4.98 Å².